The zero-order valence-electron chi connectivity index (χ0n) is 20.5. The Bertz CT molecular complexity index is 1520. The lowest BCUT2D eigenvalue weighted by atomic mass is 9.98. The Morgan fingerprint density at radius 3 is 2.39 bits per heavy atom. The minimum absolute atomic E-state index is 0.0684. The van der Waals surface area contributed by atoms with Gasteiger partial charge in [0, 0.05) is 25.6 Å². The number of rotatable bonds is 9. The van der Waals surface area contributed by atoms with E-state index in [1.165, 1.54) is 17.0 Å². The van der Waals surface area contributed by atoms with E-state index in [0.29, 0.717) is 0 Å². The number of aliphatic carboxylic acids is 1. The Morgan fingerprint density at radius 1 is 1.03 bits per heavy atom. The Hall–Kier alpha value is -3.83. The molecule has 1 aliphatic carbocycles. The summed E-state index contributed by atoms with van der Waals surface area (Å²) < 4.78 is 28.3. The number of piperazine rings is 1. The summed E-state index contributed by atoms with van der Waals surface area (Å²) >= 11 is 0. The molecule has 10 nitrogen and oxygen atoms in total. The number of benzene rings is 3. The summed E-state index contributed by atoms with van der Waals surface area (Å²) in [6, 6.07) is 16.1. The molecule has 2 aliphatic rings. The summed E-state index contributed by atoms with van der Waals surface area (Å²) in [6.07, 6.45) is 2.02. The van der Waals surface area contributed by atoms with Crippen molar-refractivity contribution in [1.29, 1.82) is 0 Å². The first kappa shape index (κ1) is 25.8. The smallest absolute Gasteiger partial charge is 0.326 e. The summed E-state index contributed by atoms with van der Waals surface area (Å²) in [5.74, 6) is -1.61. The first-order chi connectivity index (χ1) is 18.2. The molecule has 0 bridgehead atoms. The quantitative estimate of drug-likeness (QED) is 0.326. The van der Waals surface area contributed by atoms with Crippen molar-refractivity contribution >= 4 is 38.4 Å². The van der Waals surface area contributed by atoms with Crippen LogP contribution in [0.1, 0.15) is 24.8 Å². The van der Waals surface area contributed by atoms with E-state index in [-0.39, 0.29) is 31.8 Å². The number of carboxylic acids is 1. The van der Waals surface area contributed by atoms with Crippen LogP contribution in [0.3, 0.4) is 0 Å². The summed E-state index contributed by atoms with van der Waals surface area (Å²) in [6.45, 7) is -0.288. The van der Waals surface area contributed by atoms with Crippen LogP contribution in [0.4, 0.5) is 5.69 Å². The highest BCUT2D eigenvalue weighted by Crippen LogP contribution is 2.38. The number of hydrogen-bond acceptors (Lipinski definition) is 6. The van der Waals surface area contributed by atoms with E-state index in [9.17, 15) is 33.2 Å². The molecule has 1 heterocycles. The molecule has 11 heteroatoms. The topological polar surface area (TPSA) is 138 Å². The number of fused-ring (bicyclic) bond motifs is 1. The maximum Gasteiger partial charge on any atom is 0.326 e. The number of nitro groups is 1. The van der Waals surface area contributed by atoms with Crippen molar-refractivity contribution in [2.45, 2.75) is 42.7 Å². The van der Waals surface area contributed by atoms with Gasteiger partial charge in [-0.15, -0.1) is 0 Å². The maximum atomic E-state index is 13.8. The maximum absolute atomic E-state index is 13.8. The van der Waals surface area contributed by atoms with Crippen LogP contribution in [-0.2, 0) is 26.0 Å². The molecule has 1 amide bonds. The Morgan fingerprint density at radius 2 is 1.71 bits per heavy atom. The van der Waals surface area contributed by atoms with Crippen LogP contribution in [0.5, 0.6) is 0 Å². The monoisotopic (exact) mass is 537 g/mol. The van der Waals surface area contributed by atoms with Gasteiger partial charge in [0.2, 0.25) is 5.91 Å². The molecule has 2 unspecified atom stereocenters. The molecule has 2 fully saturated rings. The average Bonchev–Trinajstić information content (AvgIpc) is 3.72. The number of carbonyl (C=O) groups is 2. The van der Waals surface area contributed by atoms with Crippen LogP contribution in [-0.4, -0.2) is 64.7 Å². The second kappa shape index (κ2) is 10.1. The van der Waals surface area contributed by atoms with Crippen molar-refractivity contribution < 1.29 is 28.0 Å². The lowest BCUT2D eigenvalue weighted by Gasteiger charge is -2.42. The number of amides is 1. The van der Waals surface area contributed by atoms with Crippen LogP contribution < -0.4 is 0 Å². The van der Waals surface area contributed by atoms with Crippen molar-refractivity contribution in [2.75, 3.05) is 13.1 Å². The van der Waals surface area contributed by atoms with Crippen LogP contribution >= 0.6 is 0 Å². The fraction of sp³-hybridized carbons (Fsp3) is 0.333. The number of carboxylic acid groups (broad SMARTS) is 1. The molecule has 3 aromatic carbocycles. The van der Waals surface area contributed by atoms with E-state index < -0.39 is 49.5 Å². The summed E-state index contributed by atoms with van der Waals surface area (Å²) in [5.41, 5.74) is 0.185. The molecule has 0 aromatic heterocycles. The van der Waals surface area contributed by atoms with Gasteiger partial charge >= 0.3 is 5.97 Å². The molecule has 1 N–H and O–H groups in total. The van der Waals surface area contributed by atoms with Crippen LogP contribution in [0.2, 0.25) is 0 Å². The molecule has 0 spiro atoms. The summed E-state index contributed by atoms with van der Waals surface area (Å²) in [7, 11) is -4.39. The third-order valence-electron chi connectivity index (χ3n) is 7.28. The second-order valence-corrected chi connectivity index (χ2v) is 11.7. The number of carbonyl (C=O) groups excluding carboxylic acids is 1. The van der Waals surface area contributed by atoms with Crippen molar-refractivity contribution in [2.24, 2.45) is 5.92 Å². The number of sulfonamides is 1. The van der Waals surface area contributed by atoms with Gasteiger partial charge in [-0.05, 0) is 34.7 Å². The van der Waals surface area contributed by atoms with Crippen LogP contribution in [0.15, 0.2) is 71.6 Å². The van der Waals surface area contributed by atoms with E-state index in [4.69, 9.17) is 0 Å². The number of nitrogens with zero attached hydrogens (tertiary/aromatic N) is 3. The summed E-state index contributed by atoms with van der Waals surface area (Å²) in [5, 5.41) is 23.6. The van der Waals surface area contributed by atoms with Crippen molar-refractivity contribution in [1.82, 2.24) is 9.21 Å². The van der Waals surface area contributed by atoms with Gasteiger partial charge in [0.05, 0.1) is 4.92 Å². The minimum atomic E-state index is -4.39. The predicted octanol–water partition coefficient (Wildman–Crippen LogP) is 3.45. The van der Waals surface area contributed by atoms with Crippen LogP contribution in [0, 0.1) is 16.0 Å². The van der Waals surface area contributed by atoms with Gasteiger partial charge in [-0.1, -0.05) is 67.4 Å². The SMILES string of the molecule is O=C(O)C(Cc1ccc2ccccc2c1)N1CCN(S(=O)(=O)c2ccccc2[N+](=O)[O-])C(CC2CC2)C1=O. The number of nitro benzene ring substituents is 1. The lowest BCUT2D eigenvalue weighted by Crippen LogP contribution is -2.62. The molecular weight excluding hydrogens is 510 g/mol. The van der Waals surface area contributed by atoms with E-state index in [1.54, 1.807) is 0 Å². The number of para-hydroxylation sites is 1. The lowest BCUT2D eigenvalue weighted by molar-refractivity contribution is -0.387. The molecule has 1 aliphatic heterocycles. The average molecular weight is 538 g/mol. The molecule has 1 saturated heterocycles. The van der Waals surface area contributed by atoms with Crippen molar-refractivity contribution in [3.05, 3.63) is 82.4 Å². The Kier molecular flexibility index (Phi) is 6.89. The second-order valence-electron chi connectivity index (χ2n) is 9.81. The number of hydrogen-bond donors (Lipinski definition) is 1. The molecule has 198 valence electrons. The van der Waals surface area contributed by atoms with E-state index in [2.05, 4.69) is 0 Å². The minimum Gasteiger partial charge on any atom is -0.480 e. The highest BCUT2D eigenvalue weighted by Gasteiger charge is 2.48. The Balaban J connectivity index is 1.45. The van der Waals surface area contributed by atoms with Gasteiger partial charge in [0.15, 0.2) is 4.90 Å². The molecule has 0 radical (unpaired) electrons. The van der Waals surface area contributed by atoms with Gasteiger partial charge in [0.25, 0.3) is 15.7 Å². The highest BCUT2D eigenvalue weighted by molar-refractivity contribution is 7.89. The van der Waals surface area contributed by atoms with E-state index in [1.807, 2.05) is 42.5 Å². The predicted molar refractivity (Wildman–Crippen MR) is 139 cm³/mol. The molecule has 1 saturated carbocycles. The van der Waals surface area contributed by atoms with Gasteiger partial charge in [-0.3, -0.25) is 14.9 Å². The molecule has 5 rings (SSSR count). The van der Waals surface area contributed by atoms with E-state index >= 15 is 0 Å². The van der Waals surface area contributed by atoms with Gasteiger partial charge < -0.3 is 10.0 Å². The summed E-state index contributed by atoms with van der Waals surface area (Å²) in [4.78, 5) is 37.7. The largest absolute Gasteiger partial charge is 0.480 e. The third kappa shape index (κ3) is 4.99. The molecule has 3 aromatic rings. The standard InChI is InChI=1S/C27H27N3O7S/c31-26-23(16-18-9-10-18)29(38(36,37)25-8-4-3-7-22(25)30(34)35)14-13-28(26)24(27(32)33)17-19-11-12-20-5-1-2-6-21(20)15-19/h1-8,11-12,15,18,23-24H,9-10,13-14,16-17H2,(H,32,33). The first-order valence-corrected chi connectivity index (χ1v) is 13.9. The van der Waals surface area contributed by atoms with Gasteiger partial charge in [0.1, 0.15) is 12.1 Å². The van der Waals surface area contributed by atoms with Crippen LogP contribution in [0.25, 0.3) is 10.8 Å². The highest BCUT2D eigenvalue weighted by atomic mass is 32.2. The van der Waals surface area contributed by atoms with Gasteiger partial charge in [-0.2, -0.15) is 4.31 Å². The Labute approximate surface area is 219 Å². The normalized spacial score (nSPS) is 19.4. The fourth-order valence-corrected chi connectivity index (χ4v) is 6.89. The first-order valence-electron chi connectivity index (χ1n) is 12.4. The molecule has 2 atom stereocenters. The zero-order chi connectivity index (χ0) is 27.0. The fourth-order valence-electron chi connectivity index (χ4n) is 5.14. The molecule has 38 heavy (non-hydrogen) atoms. The van der Waals surface area contributed by atoms with Gasteiger partial charge in [-0.25, -0.2) is 13.2 Å². The van der Waals surface area contributed by atoms with Crippen molar-refractivity contribution in [3.63, 3.8) is 0 Å². The van der Waals surface area contributed by atoms with E-state index in [0.717, 1.165) is 45.6 Å². The molecular formula is C27H27N3O7S. The third-order valence-corrected chi connectivity index (χ3v) is 9.24. The van der Waals surface area contributed by atoms with Crippen molar-refractivity contribution in [3.8, 4) is 0 Å². The zero-order valence-corrected chi connectivity index (χ0v) is 21.3.